The van der Waals surface area contributed by atoms with Gasteiger partial charge in [-0.25, -0.2) is 0 Å². The molecule has 3 nitrogen and oxygen atoms in total. The molecule has 0 aromatic carbocycles. The predicted octanol–water partition coefficient (Wildman–Crippen LogP) is 5.46. The van der Waals surface area contributed by atoms with Crippen LogP contribution in [-0.2, 0) is 0 Å². The van der Waals surface area contributed by atoms with Crippen LogP contribution < -0.4 is 5.32 Å². The topological polar surface area (TPSA) is 52.5 Å². The van der Waals surface area contributed by atoms with Crippen LogP contribution in [0.3, 0.4) is 0 Å². The fourth-order valence-corrected chi connectivity index (χ4v) is 12.1. The average molecular weight is 454 g/mol. The van der Waals surface area contributed by atoms with Crippen LogP contribution in [0.5, 0.6) is 0 Å². The van der Waals surface area contributed by atoms with Gasteiger partial charge in [0.1, 0.15) is 0 Å². The second-order valence-corrected chi connectivity index (χ2v) is 14.4. The van der Waals surface area contributed by atoms with Crippen molar-refractivity contribution in [3.8, 4) is 0 Å². The molecule has 0 radical (unpaired) electrons. The van der Waals surface area contributed by atoms with Crippen LogP contribution in [0.25, 0.3) is 0 Å². The Bertz CT molecular complexity index is 841. The molecule has 33 heavy (non-hydrogen) atoms. The number of aliphatic hydroxyl groups is 2. The van der Waals surface area contributed by atoms with Crippen LogP contribution in [0.1, 0.15) is 97.3 Å². The number of hydrogen-bond donors (Lipinski definition) is 3. The Morgan fingerprint density at radius 2 is 1.94 bits per heavy atom. The lowest BCUT2D eigenvalue weighted by molar-refractivity contribution is -0.307. The molecule has 6 aliphatic carbocycles. The van der Waals surface area contributed by atoms with Crippen LogP contribution in [0.15, 0.2) is 12.2 Å². The van der Waals surface area contributed by atoms with Crippen LogP contribution in [0, 0.1) is 51.8 Å². The third-order valence-corrected chi connectivity index (χ3v) is 12.9. The molecule has 0 amide bonds. The van der Waals surface area contributed by atoms with E-state index in [4.69, 9.17) is 0 Å². The molecule has 0 unspecified atom stereocenters. The summed E-state index contributed by atoms with van der Waals surface area (Å²) in [4.78, 5) is 0. The quantitative estimate of drug-likeness (QED) is 0.392. The van der Waals surface area contributed by atoms with E-state index in [9.17, 15) is 10.2 Å². The molecule has 1 heterocycles. The molecule has 3 N–H and O–H groups in total. The number of allylic oxidation sites excluding steroid dienone is 1. The number of nitrogens with one attached hydrogen (secondary N) is 1. The van der Waals surface area contributed by atoms with E-state index in [2.05, 4.69) is 31.3 Å². The van der Waals surface area contributed by atoms with Gasteiger partial charge < -0.3 is 15.5 Å². The Kier molecular flexibility index (Phi) is 4.70. The zero-order valence-corrected chi connectivity index (χ0v) is 21.1. The SMILES string of the molecule is CCCCC[C@@H]1C[C@H]2[C@@H]3NCCC[C@H]3C[C@@]34[C@H](O)[C@@H]5C=C[C@H]6C[C@]5(C)C[C@](O)(C6)[C@@H]3C[C@]24C1. The van der Waals surface area contributed by atoms with Crippen LogP contribution in [-0.4, -0.2) is 34.5 Å². The zero-order valence-electron chi connectivity index (χ0n) is 21.1. The van der Waals surface area contributed by atoms with Gasteiger partial charge in [0.05, 0.1) is 11.7 Å². The lowest BCUT2D eigenvalue weighted by Gasteiger charge is -2.75. The van der Waals surface area contributed by atoms with E-state index in [1.54, 1.807) is 0 Å². The first kappa shape index (κ1) is 21.9. The molecule has 1 aliphatic heterocycles. The standard InChI is InChI=1S/C30H47NO2/c1-3-4-5-7-19-12-23-25-21(8-6-11-31-25)16-30-24(17-28(23,30)14-19)29(33)15-20-9-10-22(26(30)32)27(2,13-20)18-29/h9-10,19-26,31-33H,3-8,11-18H2,1-2H3/t19-,20+,21+,22+,23+,24+,25-,26-,27-,28-,29-,30+/m1/s1. The number of hydrogen-bond acceptors (Lipinski definition) is 3. The van der Waals surface area contributed by atoms with Gasteiger partial charge in [-0.15, -0.1) is 0 Å². The van der Waals surface area contributed by atoms with Gasteiger partial charge >= 0.3 is 0 Å². The lowest BCUT2D eigenvalue weighted by Crippen LogP contribution is -2.76. The lowest BCUT2D eigenvalue weighted by atomic mass is 9.30. The molecule has 6 fully saturated rings. The summed E-state index contributed by atoms with van der Waals surface area (Å²) >= 11 is 0. The van der Waals surface area contributed by atoms with Crippen LogP contribution in [0.2, 0.25) is 0 Å². The molecule has 5 saturated carbocycles. The maximum absolute atomic E-state index is 12.5. The first-order valence-corrected chi connectivity index (χ1v) is 14.7. The minimum Gasteiger partial charge on any atom is -0.392 e. The highest BCUT2D eigenvalue weighted by molar-refractivity contribution is 5.33. The van der Waals surface area contributed by atoms with Crippen molar-refractivity contribution < 1.29 is 10.2 Å². The van der Waals surface area contributed by atoms with Gasteiger partial charge in [-0.3, -0.25) is 0 Å². The van der Waals surface area contributed by atoms with Crippen molar-refractivity contribution in [2.45, 2.75) is 115 Å². The molecular formula is C30H47NO2. The number of rotatable bonds is 4. The van der Waals surface area contributed by atoms with Crippen molar-refractivity contribution in [2.24, 2.45) is 51.8 Å². The molecule has 3 bridgehead atoms. The largest absolute Gasteiger partial charge is 0.392 e. The summed E-state index contributed by atoms with van der Waals surface area (Å²) < 4.78 is 0. The van der Waals surface area contributed by atoms with Gasteiger partial charge in [0, 0.05) is 17.4 Å². The third kappa shape index (κ3) is 2.63. The maximum Gasteiger partial charge on any atom is 0.0693 e. The van der Waals surface area contributed by atoms with Crippen molar-refractivity contribution in [3.63, 3.8) is 0 Å². The molecular weight excluding hydrogens is 406 g/mol. The van der Waals surface area contributed by atoms with E-state index in [0.29, 0.717) is 29.7 Å². The molecule has 0 aromatic rings. The Hall–Kier alpha value is -0.380. The minimum atomic E-state index is -0.566. The molecule has 7 aliphatic rings. The highest BCUT2D eigenvalue weighted by Crippen LogP contribution is 2.83. The second-order valence-electron chi connectivity index (χ2n) is 14.4. The molecule has 2 spiro atoms. The maximum atomic E-state index is 12.5. The van der Waals surface area contributed by atoms with E-state index < -0.39 is 5.60 Å². The monoisotopic (exact) mass is 453 g/mol. The van der Waals surface area contributed by atoms with E-state index in [0.717, 1.165) is 18.8 Å². The van der Waals surface area contributed by atoms with Crippen LogP contribution >= 0.6 is 0 Å². The van der Waals surface area contributed by atoms with Gasteiger partial charge in [-0.05, 0) is 105 Å². The number of piperidine rings is 1. The fraction of sp³-hybridized carbons (Fsp3) is 0.933. The van der Waals surface area contributed by atoms with Crippen LogP contribution in [0.4, 0.5) is 0 Å². The molecule has 12 atom stereocenters. The molecule has 0 aromatic heterocycles. The van der Waals surface area contributed by atoms with Crippen molar-refractivity contribution in [2.75, 3.05) is 6.54 Å². The molecule has 7 rings (SSSR count). The summed E-state index contributed by atoms with van der Waals surface area (Å²) in [6.07, 6.45) is 20.7. The normalized spacial score (nSPS) is 60.2. The first-order valence-electron chi connectivity index (χ1n) is 14.7. The Balaban J connectivity index is 1.34. The van der Waals surface area contributed by atoms with E-state index in [1.807, 2.05) is 0 Å². The Morgan fingerprint density at radius 3 is 2.79 bits per heavy atom. The number of fused-ring (bicyclic) bond motifs is 5. The number of aliphatic hydroxyl groups excluding tert-OH is 1. The summed E-state index contributed by atoms with van der Waals surface area (Å²) in [5.74, 6) is 3.29. The second kappa shape index (κ2) is 7.10. The highest BCUT2D eigenvalue weighted by Gasteiger charge is 2.81. The first-order chi connectivity index (χ1) is 15.9. The van der Waals surface area contributed by atoms with Crippen molar-refractivity contribution in [3.05, 3.63) is 12.2 Å². The molecule has 1 saturated heterocycles. The summed E-state index contributed by atoms with van der Waals surface area (Å²) in [6.45, 7) is 5.91. The third-order valence-electron chi connectivity index (χ3n) is 12.9. The van der Waals surface area contributed by atoms with Crippen molar-refractivity contribution in [1.29, 1.82) is 0 Å². The van der Waals surface area contributed by atoms with Gasteiger partial charge in [0.25, 0.3) is 0 Å². The predicted molar refractivity (Wildman–Crippen MR) is 131 cm³/mol. The molecule has 3 heteroatoms. The fourth-order valence-electron chi connectivity index (χ4n) is 12.1. The summed E-state index contributed by atoms with van der Waals surface area (Å²) in [5, 5.41) is 28.9. The van der Waals surface area contributed by atoms with E-state index in [1.165, 1.54) is 77.2 Å². The summed E-state index contributed by atoms with van der Waals surface area (Å²) in [7, 11) is 0. The van der Waals surface area contributed by atoms with Gasteiger partial charge in [-0.1, -0.05) is 51.7 Å². The van der Waals surface area contributed by atoms with Crippen molar-refractivity contribution in [1.82, 2.24) is 5.32 Å². The average Bonchev–Trinajstić information content (AvgIpc) is 3.16. The smallest absolute Gasteiger partial charge is 0.0693 e. The Morgan fingerprint density at radius 1 is 1.06 bits per heavy atom. The van der Waals surface area contributed by atoms with E-state index in [-0.39, 0.29) is 28.3 Å². The summed E-state index contributed by atoms with van der Waals surface area (Å²) in [5.41, 5.74) is -0.300. The minimum absolute atomic E-state index is 0.0574. The van der Waals surface area contributed by atoms with Gasteiger partial charge in [0.2, 0.25) is 0 Å². The van der Waals surface area contributed by atoms with Crippen molar-refractivity contribution >= 4 is 0 Å². The zero-order chi connectivity index (χ0) is 22.6. The number of unbranched alkanes of at least 4 members (excludes halogenated alkanes) is 2. The van der Waals surface area contributed by atoms with Gasteiger partial charge in [-0.2, -0.15) is 0 Å². The van der Waals surface area contributed by atoms with E-state index >= 15 is 0 Å². The summed E-state index contributed by atoms with van der Waals surface area (Å²) in [6, 6.07) is 0.661. The highest BCUT2D eigenvalue weighted by atomic mass is 16.3. The van der Waals surface area contributed by atoms with Gasteiger partial charge in [0.15, 0.2) is 0 Å². The molecule has 184 valence electrons. The Labute approximate surface area is 201 Å².